The Morgan fingerprint density at radius 2 is 2.24 bits per heavy atom. The van der Waals surface area contributed by atoms with Gasteiger partial charge in [0, 0.05) is 12.7 Å². The summed E-state index contributed by atoms with van der Waals surface area (Å²) in [4.78, 5) is 27.7. The monoisotopic (exact) mass is 298 g/mol. The van der Waals surface area contributed by atoms with E-state index in [4.69, 9.17) is 5.11 Å². The Bertz CT molecular complexity index is 431. The Morgan fingerprint density at radius 1 is 1.53 bits per heavy atom. The first-order chi connectivity index (χ1) is 8.04. The number of nitrogens with zero attached hydrogens (tertiary/aromatic N) is 2. The number of carboxylic acids is 1. The van der Waals surface area contributed by atoms with Crippen LogP contribution < -0.4 is 0 Å². The van der Waals surface area contributed by atoms with Crippen molar-refractivity contribution < 1.29 is 14.7 Å². The number of carbonyl (C=O) groups excluding carboxylic acids is 1. The molecule has 0 radical (unpaired) electrons. The third kappa shape index (κ3) is 3.99. The Morgan fingerprint density at radius 3 is 2.71 bits per heavy atom. The molecule has 0 atom stereocenters. The van der Waals surface area contributed by atoms with E-state index in [0.29, 0.717) is 10.2 Å². The summed E-state index contributed by atoms with van der Waals surface area (Å²) >= 11 is 3.16. The van der Waals surface area contributed by atoms with E-state index in [0.717, 1.165) is 0 Å². The maximum Gasteiger partial charge on any atom is 0.323 e. The summed E-state index contributed by atoms with van der Waals surface area (Å²) in [6, 6.07) is 3.21. The number of pyridine rings is 1. The van der Waals surface area contributed by atoms with Crippen LogP contribution in [0.25, 0.3) is 0 Å². The fourth-order valence-corrected chi connectivity index (χ4v) is 1.46. The fourth-order valence-electron chi connectivity index (χ4n) is 1.22. The smallest absolute Gasteiger partial charge is 0.323 e. The number of hydrogen-bond acceptors (Lipinski definition) is 3. The molecule has 1 aromatic heterocycles. The van der Waals surface area contributed by atoms with Crippen LogP contribution in [-0.2, 0) is 4.79 Å². The highest BCUT2D eigenvalue weighted by Gasteiger charge is 2.17. The van der Waals surface area contributed by atoms with Gasteiger partial charge < -0.3 is 10.0 Å². The lowest BCUT2D eigenvalue weighted by molar-refractivity contribution is -0.137. The summed E-state index contributed by atoms with van der Waals surface area (Å²) in [7, 11) is 0. The van der Waals surface area contributed by atoms with Crippen molar-refractivity contribution in [2.45, 2.75) is 0 Å². The minimum absolute atomic E-state index is 0.182. The predicted octanol–water partition coefficient (Wildman–Crippen LogP) is 1.56. The van der Waals surface area contributed by atoms with Gasteiger partial charge in [-0.15, -0.1) is 6.58 Å². The predicted molar refractivity (Wildman–Crippen MR) is 65.7 cm³/mol. The number of carbonyl (C=O) groups is 2. The molecule has 0 aliphatic carbocycles. The van der Waals surface area contributed by atoms with Gasteiger partial charge in [-0.1, -0.05) is 6.08 Å². The summed E-state index contributed by atoms with van der Waals surface area (Å²) in [5.41, 5.74) is 0.344. The third-order valence-corrected chi connectivity index (χ3v) is 2.41. The normalized spacial score (nSPS) is 9.71. The topological polar surface area (TPSA) is 70.5 Å². The number of hydrogen-bond donors (Lipinski definition) is 1. The second kappa shape index (κ2) is 6.15. The molecule has 0 fully saturated rings. The quantitative estimate of drug-likeness (QED) is 0.661. The molecule has 5 nitrogen and oxygen atoms in total. The molecule has 0 bridgehead atoms. The Balaban J connectivity index is 2.86. The van der Waals surface area contributed by atoms with Crippen molar-refractivity contribution in [1.82, 2.24) is 9.88 Å². The Kier molecular flexibility index (Phi) is 4.84. The Hall–Kier alpha value is -1.69. The third-order valence-electron chi connectivity index (χ3n) is 1.94. The van der Waals surface area contributed by atoms with E-state index in [-0.39, 0.29) is 19.0 Å². The minimum atomic E-state index is -1.06. The summed E-state index contributed by atoms with van der Waals surface area (Å²) in [6.45, 7) is 3.31. The van der Waals surface area contributed by atoms with Gasteiger partial charge in [-0.3, -0.25) is 9.59 Å². The largest absolute Gasteiger partial charge is 0.480 e. The van der Waals surface area contributed by atoms with Crippen molar-refractivity contribution >= 4 is 27.8 Å². The first kappa shape index (κ1) is 13.4. The molecule has 0 aliphatic rings. The van der Waals surface area contributed by atoms with E-state index in [1.54, 1.807) is 12.1 Å². The van der Waals surface area contributed by atoms with Crippen molar-refractivity contribution in [2.24, 2.45) is 0 Å². The average Bonchev–Trinajstić information content (AvgIpc) is 2.28. The summed E-state index contributed by atoms with van der Waals surface area (Å²) < 4.78 is 0.613. The zero-order valence-corrected chi connectivity index (χ0v) is 10.6. The van der Waals surface area contributed by atoms with Gasteiger partial charge in [-0.2, -0.15) is 0 Å². The van der Waals surface area contributed by atoms with Gasteiger partial charge in [0.2, 0.25) is 0 Å². The summed E-state index contributed by atoms with van der Waals surface area (Å²) in [6.07, 6.45) is 2.87. The van der Waals surface area contributed by atoms with E-state index in [1.807, 2.05) is 0 Å². The van der Waals surface area contributed by atoms with E-state index in [9.17, 15) is 9.59 Å². The molecule has 1 aromatic rings. The summed E-state index contributed by atoms with van der Waals surface area (Å²) in [5, 5.41) is 8.70. The van der Waals surface area contributed by atoms with Crippen molar-refractivity contribution in [2.75, 3.05) is 13.1 Å². The lowest BCUT2D eigenvalue weighted by atomic mass is 10.2. The fraction of sp³-hybridized carbons (Fsp3) is 0.182. The van der Waals surface area contributed by atoms with Crippen LogP contribution in [0.1, 0.15) is 10.4 Å². The van der Waals surface area contributed by atoms with Gasteiger partial charge in [-0.25, -0.2) is 4.98 Å². The molecule has 90 valence electrons. The van der Waals surface area contributed by atoms with Gasteiger partial charge >= 0.3 is 5.97 Å². The van der Waals surface area contributed by atoms with E-state index in [1.165, 1.54) is 17.2 Å². The van der Waals surface area contributed by atoms with E-state index < -0.39 is 5.97 Å². The van der Waals surface area contributed by atoms with Gasteiger partial charge in [-0.05, 0) is 28.1 Å². The van der Waals surface area contributed by atoms with Crippen molar-refractivity contribution in [1.29, 1.82) is 0 Å². The van der Waals surface area contributed by atoms with E-state index in [2.05, 4.69) is 27.5 Å². The molecule has 1 rings (SSSR count). The number of rotatable bonds is 5. The molecule has 0 saturated heterocycles. The molecule has 17 heavy (non-hydrogen) atoms. The van der Waals surface area contributed by atoms with E-state index >= 15 is 0 Å². The van der Waals surface area contributed by atoms with Gasteiger partial charge in [0.25, 0.3) is 5.91 Å². The lowest BCUT2D eigenvalue weighted by Crippen LogP contribution is -2.35. The molecule has 1 N–H and O–H groups in total. The molecule has 6 heteroatoms. The van der Waals surface area contributed by atoms with Crippen molar-refractivity contribution in [3.63, 3.8) is 0 Å². The average molecular weight is 299 g/mol. The lowest BCUT2D eigenvalue weighted by Gasteiger charge is -2.18. The van der Waals surface area contributed by atoms with Crippen LogP contribution in [0.4, 0.5) is 0 Å². The van der Waals surface area contributed by atoms with Crippen LogP contribution in [0.15, 0.2) is 35.6 Å². The molecule has 0 aromatic carbocycles. The molecule has 0 aliphatic heterocycles. The number of carboxylic acid groups (broad SMARTS) is 1. The van der Waals surface area contributed by atoms with Crippen LogP contribution in [0.3, 0.4) is 0 Å². The van der Waals surface area contributed by atoms with Gasteiger partial charge in [0.15, 0.2) is 0 Å². The highest BCUT2D eigenvalue weighted by atomic mass is 79.9. The first-order valence-corrected chi connectivity index (χ1v) is 5.57. The van der Waals surface area contributed by atoms with Gasteiger partial charge in [0.1, 0.15) is 11.1 Å². The van der Waals surface area contributed by atoms with Crippen LogP contribution >= 0.6 is 15.9 Å². The number of aromatic nitrogens is 1. The molecule has 1 amide bonds. The highest BCUT2D eigenvalue weighted by molar-refractivity contribution is 9.10. The van der Waals surface area contributed by atoms with Crippen LogP contribution in [-0.4, -0.2) is 40.0 Å². The molecular formula is C11H11BrN2O3. The zero-order valence-electron chi connectivity index (χ0n) is 8.97. The number of halogens is 1. The molecule has 0 spiro atoms. The van der Waals surface area contributed by atoms with Gasteiger partial charge in [0.05, 0.1) is 5.56 Å². The highest BCUT2D eigenvalue weighted by Crippen LogP contribution is 2.09. The number of amides is 1. The van der Waals surface area contributed by atoms with Crippen LogP contribution in [0, 0.1) is 0 Å². The summed E-state index contributed by atoms with van der Waals surface area (Å²) in [5.74, 6) is -1.45. The first-order valence-electron chi connectivity index (χ1n) is 4.78. The Labute approximate surface area is 107 Å². The second-order valence-corrected chi connectivity index (χ2v) is 4.05. The number of aliphatic carboxylic acids is 1. The second-order valence-electron chi connectivity index (χ2n) is 3.24. The maximum atomic E-state index is 11.9. The van der Waals surface area contributed by atoms with Crippen molar-refractivity contribution in [3.8, 4) is 0 Å². The molecular weight excluding hydrogens is 288 g/mol. The van der Waals surface area contributed by atoms with Crippen LogP contribution in [0.5, 0.6) is 0 Å². The molecule has 0 unspecified atom stereocenters. The van der Waals surface area contributed by atoms with Crippen molar-refractivity contribution in [3.05, 3.63) is 41.2 Å². The van der Waals surface area contributed by atoms with Crippen LogP contribution in [0.2, 0.25) is 0 Å². The minimum Gasteiger partial charge on any atom is -0.480 e. The zero-order chi connectivity index (χ0) is 12.8. The standard InChI is InChI=1S/C11H11BrN2O3/c1-2-5-14(7-10(15)16)11(17)8-3-4-9(12)13-6-8/h2-4,6H,1,5,7H2,(H,15,16). The molecule has 0 saturated carbocycles. The SMILES string of the molecule is C=CCN(CC(=O)O)C(=O)c1ccc(Br)nc1. The molecule has 1 heterocycles. The maximum absolute atomic E-state index is 11.9.